The number of aromatic hydroxyl groups is 1. The van der Waals surface area contributed by atoms with E-state index in [9.17, 15) is 10.2 Å². The van der Waals surface area contributed by atoms with Gasteiger partial charge in [0.1, 0.15) is 5.75 Å². The zero-order valence-electron chi connectivity index (χ0n) is 16.7. The van der Waals surface area contributed by atoms with Gasteiger partial charge in [0.05, 0.1) is 6.10 Å². The summed E-state index contributed by atoms with van der Waals surface area (Å²) in [5.74, 6) is 1.48. The van der Waals surface area contributed by atoms with Gasteiger partial charge in [0.15, 0.2) is 0 Å². The molecule has 3 nitrogen and oxygen atoms in total. The second-order valence-electron chi connectivity index (χ2n) is 8.27. The van der Waals surface area contributed by atoms with Crippen molar-refractivity contribution < 1.29 is 15.3 Å². The van der Waals surface area contributed by atoms with Gasteiger partial charge in [0, 0.05) is 6.61 Å². The van der Waals surface area contributed by atoms with Gasteiger partial charge in [-0.15, -0.1) is 0 Å². The molecular weight excluding hydrogens is 324 g/mol. The van der Waals surface area contributed by atoms with Crippen LogP contribution in [0.1, 0.15) is 101 Å². The predicted octanol–water partition coefficient (Wildman–Crippen LogP) is 5.48. The zero-order chi connectivity index (χ0) is 18.9. The highest BCUT2D eigenvalue weighted by Crippen LogP contribution is 2.44. The lowest BCUT2D eigenvalue weighted by molar-refractivity contribution is 0.0879. The fourth-order valence-corrected chi connectivity index (χ4v) is 4.52. The van der Waals surface area contributed by atoms with Crippen LogP contribution in [0.2, 0.25) is 0 Å². The second-order valence-corrected chi connectivity index (χ2v) is 8.27. The molecule has 0 aliphatic heterocycles. The third-order valence-corrected chi connectivity index (χ3v) is 6.21. The highest BCUT2D eigenvalue weighted by atomic mass is 16.3. The Morgan fingerprint density at radius 1 is 1.12 bits per heavy atom. The molecule has 3 N–H and O–H groups in total. The summed E-state index contributed by atoms with van der Waals surface area (Å²) < 4.78 is 0. The van der Waals surface area contributed by atoms with Gasteiger partial charge in [-0.05, 0) is 73.5 Å². The average molecular weight is 363 g/mol. The summed E-state index contributed by atoms with van der Waals surface area (Å²) in [5, 5.41) is 30.0. The number of aliphatic hydroxyl groups is 2. The van der Waals surface area contributed by atoms with Gasteiger partial charge in [-0.25, -0.2) is 0 Å². The fraction of sp³-hybridized carbons (Fsp3) is 0.739. The molecule has 3 heteroatoms. The van der Waals surface area contributed by atoms with Gasteiger partial charge in [-0.3, -0.25) is 0 Å². The summed E-state index contributed by atoms with van der Waals surface area (Å²) in [5.41, 5.74) is 2.19. The van der Waals surface area contributed by atoms with Crippen molar-refractivity contribution in [1.29, 1.82) is 0 Å². The van der Waals surface area contributed by atoms with E-state index in [0.717, 1.165) is 37.7 Å². The van der Waals surface area contributed by atoms with Gasteiger partial charge in [-0.1, -0.05) is 51.7 Å². The zero-order valence-corrected chi connectivity index (χ0v) is 16.7. The quantitative estimate of drug-likeness (QED) is 0.483. The molecule has 0 amide bonds. The third-order valence-electron chi connectivity index (χ3n) is 6.21. The Morgan fingerprint density at radius 3 is 2.62 bits per heavy atom. The average Bonchev–Trinajstić information content (AvgIpc) is 2.64. The van der Waals surface area contributed by atoms with Gasteiger partial charge >= 0.3 is 0 Å². The van der Waals surface area contributed by atoms with Crippen LogP contribution >= 0.6 is 0 Å². The molecule has 1 aliphatic carbocycles. The van der Waals surface area contributed by atoms with E-state index in [4.69, 9.17) is 5.11 Å². The first-order valence-electron chi connectivity index (χ1n) is 10.7. The number of rotatable bonds is 10. The number of benzene rings is 1. The maximum atomic E-state index is 10.7. The minimum Gasteiger partial charge on any atom is -0.508 e. The SMILES string of the molecule is CCCCCCC(C)c1ccc(C2CC(O)CCC2CCCO)c(O)c1. The first kappa shape index (κ1) is 21.2. The van der Waals surface area contributed by atoms with E-state index in [2.05, 4.69) is 26.0 Å². The second kappa shape index (κ2) is 10.9. The van der Waals surface area contributed by atoms with Gasteiger partial charge < -0.3 is 15.3 Å². The Balaban J connectivity index is 2.06. The fourth-order valence-electron chi connectivity index (χ4n) is 4.52. The third kappa shape index (κ3) is 5.99. The predicted molar refractivity (Wildman–Crippen MR) is 108 cm³/mol. The first-order chi connectivity index (χ1) is 12.6. The summed E-state index contributed by atoms with van der Waals surface area (Å²) in [6.07, 6.45) is 10.3. The highest BCUT2D eigenvalue weighted by molar-refractivity contribution is 5.40. The van der Waals surface area contributed by atoms with E-state index in [0.29, 0.717) is 17.6 Å². The molecule has 0 aromatic heterocycles. The van der Waals surface area contributed by atoms with E-state index in [-0.39, 0.29) is 18.6 Å². The highest BCUT2D eigenvalue weighted by Gasteiger charge is 2.32. The van der Waals surface area contributed by atoms with E-state index in [1.54, 1.807) is 0 Å². The Hall–Kier alpha value is -1.06. The Bertz CT molecular complexity index is 526. The van der Waals surface area contributed by atoms with Gasteiger partial charge in [-0.2, -0.15) is 0 Å². The van der Waals surface area contributed by atoms with Crippen LogP contribution in [0.25, 0.3) is 0 Å². The van der Waals surface area contributed by atoms with E-state index in [1.807, 2.05) is 6.07 Å². The molecule has 0 radical (unpaired) electrons. The molecular formula is C23H38O3. The topological polar surface area (TPSA) is 60.7 Å². The molecule has 1 fully saturated rings. The molecule has 4 atom stereocenters. The number of hydrogen-bond acceptors (Lipinski definition) is 3. The number of phenols is 1. The normalized spacial score (nSPS) is 24.5. The molecule has 26 heavy (non-hydrogen) atoms. The minimum atomic E-state index is -0.276. The molecule has 4 unspecified atom stereocenters. The summed E-state index contributed by atoms with van der Waals surface area (Å²) >= 11 is 0. The van der Waals surface area contributed by atoms with Crippen LogP contribution in [0.15, 0.2) is 18.2 Å². The van der Waals surface area contributed by atoms with Crippen molar-refractivity contribution in [1.82, 2.24) is 0 Å². The molecule has 0 spiro atoms. The lowest BCUT2D eigenvalue weighted by Gasteiger charge is -2.35. The molecule has 0 bridgehead atoms. The van der Waals surface area contributed by atoms with Crippen molar-refractivity contribution in [2.45, 2.75) is 96.0 Å². The van der Waals surface area contributed by atoms with Gasteiger partial charge in [0.25, 0.3) is 0 Å². The van der Waals surface area contributed by atoms with Crippen LogP contribution in [0.3, 0.4) is 0 Å². The first-order valence-corrected chi connectivity index (χ1v) is 10.7. The molecule has 0 heterocycles. The summed E-state index contributed by atoms with van der Waals surface area (Å²) in [6, 6.07) is 6.20. The smallest absolute Gasteiger partial charge is 0.119 e. The van der Waals surface area contributed by atoms with Crippen molar-refractivity contribution in [3.8, 4) is 5.75 Å². The van der Waals surface area contributed by atoms with E-state index in [1.165, 1.54) is 37.7 Å². The Kier molecular flexibility index (Phi) is 8.94. The monoisotopic (exact) mass is 362 g/mol. The van der Waals surface area contributed by atoms with E-state index < -0.39 is 0 Å². The summed E-state index contributed by atoms with van der Waals surface area (Å²) in [6.45, 7) is 4.69. The van der Waals surface area contributed by atoms with Crippen LogP contribution in [-0.4, -0.2) is 28.0 Å². The number of unbranched alkanes of at least 4 members (excludes halogenated alkanes) is 3. The molecule has 1 aromatic carbocycles. The Labute approximate surface area is 159 Å². The summed E-state index contributed by atoms with van der Waals surface area (Å²) in [4.78, 5) is 0. The van der Waals surface area contributed by atoms with E-state index >= 15 is 0 Å². The number of hydrogen-bond donors (Lipinski definition) is 3. The maximum Gasteiger partial charge on any atom is 0.119 e. The molecule has 0 saturated heterocycles. The molecule has 148 valence electrons. The largest absolute Gasteiger partial charge is 0.508 e. The van der Waals surface area contributed by atoms with Crippen molar-refractivity contribution in [2.75, 3.05) is 6.61 Å². The molecule has 1 aromatic rings. The van der Waals surface area contributed by atoms with Crippen molar-refractivity contribution >= 4 is 0 Å². The van der Waals surface area contributed by atoms with Crippen LogP contribution in [0.4, 0.5) is 0 Å². The van der Waals surface area contributed by atoms with Gasteiger partial charge in [0.2, 0.25) is 0 Å². The van der Waals surface area contributed by atoms with Crippen LogP contribution in [0, 0.1) is 5.92 Å². The van der Waals surface area contributed by atoms with Crippen molar-refractivity contribution in [2.24, 2.45) is 5.92 Å². The number of phenolic OH excluding ortho intramolecular Hbond substituents is 1. The Morgan fingerprint density at radius 2 is 1.92 bits per heavy atom. The maximum absolute atomic E-state index is 10.7. The van der Waals surface area contributed by atoms with Crippen LogP contribution in [0.5, 0.6) is 5.75 Å². The lowest BCUT2D eigenvalue weighted by atomic mass is 9.72. The summed E-state index contributed by atoms with van der Waals surface area (Å²) in [7, 11) is 0. The number of aliphatic hydroxyl groups excluding tert-OH is 2. The van der Waals surface area contributed by atoms with Crippen LogP contribution in [-0.2, 0) is 0 Å². The lowest BCUT2D eigenvalue weighted by Crippen LogP contribution is -2.26. The van der Waals surface area contributed by atoms with Crippen molar-refractivity contribution in [3.63, 3.8) is 0 Å². The molecule has 2 rings (SSSR count). The minimum absolute atomic E-state index is 0.194. The molecule has 1 aliphatic rings. The van der Waals surface area contributed by atoms with Crippen LogP contribution < -0.4 is 0 Å². The van der Waals surface area contributed by atoms with Crippen molar-refractivity contribution in [3.05, 3.63) is 29.3 Å². The standard InChI is InChI=1S/C23H38O3/c1-3-4-5-6-8-17(2)19-11-13-21(23(26)15-19)22-16-20(25)12-10-18(22)9-7-14-24/h11,13,15,17-18,20,22,24-26H,3-10,12,14,16H2,1-2H3. The molecule has 1 saturated carbocycles.